The molecule has 1 aliphatic rings. The summed E-state index contributed by atoms with van der Waals surface area (Å²) in [6, 6.07) is 6.28. The van der Waals surface area contributed by atoms with E-state index in [2.05, 4.69) is 21.9 Å². The van der Waals surface area contributed by atoms with E-state index in [0.717, 1.165) is 12.8 Å². The van der Waals surface area contributed by atoms with Gasteiger partial charge in [-0.25, -0.2) is 13.1 Å². The lowest BCUT2D eigenvalue weighted by molar-refractivity contribution is -0.115. The van der Waals surface area contributed by atoms with Crippen LogP contribution in [-0.2, 0) is 14.8 Å². The van der Waals surface area contributed by atoms with E-state index in [1.807, 2.05) is 0 Å². The van der Waals surface area contributed by atoms with Crippen LogP contribution in [0.4, 0.5) is 5.69 Å². The summed E-state index contributed by atoms with van der Waals surface area (Å²) in [6.07, 6.45) is 3.42. The highest BCUT2D eigenvalue weighted by Crippen LogP contribution is 2.23. The van der Waals surface area contributed by atoms with Gasteiger partial charge in [-0.1, -0.05) is 12.1 Å². The number of benzene rings is 1. The van der Waals surface area contributed by atoms with Crippen molar-refractivity contribution in [3.8, 4) is 0 Å². The van der Waals surface area contributed by atoms with Gasteiger partial charge in [-0.2, -0.15) is 0 Å². The van der Waals surface area contributed by atoms with Crippen molar-refractivity contribution in [2.24, 2.45) is 0 Å². The maximum Gasteiger partial charge on any atom is 0.240 e. The number of rotatable bonds is 8. The van der Waals surface area contributed by atoms with Crippen LogP contribution in [0.2, 0.25) is 0 Å². The Bertz CT molecular complexity index is 624. The van der Waals surface area contributed by atoms with Crippen molar-refractivity contribution >= 4 is 21.6 Å². The summed E-state index contributed by atoms with van der Waals surface area (Å²) in [5.74, 6) is -0.235. The minimum absolute atomic E-state index is 0.0522. The zero-order valence-corrected chi connectivity index (χ0v) is 12.4. The number of carbonyl (C=O) groups is 1. The Labute approximate surface area is 124 Å². The van der Waals surface area contributed by atoms with E-state index in [1.54, 1.807) is 18.2 Å². The Morgan fingerprint density at radius 1 is 1.38 bits per heavy atom. The highest BCUT2D eigenvalue weighted by molar-refractivity contribution is 7.89. The first kappa shape index (κ1) is 15.7. The molecule has 1 aromatic rings. The van der Waals surface area contributed by atoms with Crippen LogP contribution in [0.5, 0.6) is 0 Å². The van der Waals surface area contributed by atoms with Crippen LogP contribution in [0, 0.1) is 0 Å². The molecule has 1 aromatic carbocycles. The van der Waals surface area contributed by atoms with Gasteiger partial charge in [0.05, 0.1) is 11.4 Å². The Hall–Kier alpha value is -1.70. The maximum absolute atomic E-state index is 12.1. The van der Waals surface area contributed by atoms with Crippen LogP contribution in [0.1, 0.15) is 12.8 Å². The third kappa shape index (κ3) is 4.96. The molecule has 1 saturated carbocycles. The minimum Gasteiger partial charge on any atom is -0.325 e. The van der Waals surface area contributed by atoms with Gasteiger partial charge >= 0.3 is 0 Å². The van der Waals surface area contributed by atoms with Crippen LogP contribution in [0.3, 0.4) is 0 Å². The van der Waals surface area contributed by atoms with Gasteiger partial charge in [0.2, 0.25) is 15.9 Å². The zero-order chi connectivity index (χ0) is 15.3. The lowest BCUT2D eigenvalue weighted by Crippen LogP contribution is -2.28. The fraction of sp³-hybridized carbons (Fsp3) is 0.357. The molecule has 0 atom stereocenters. The Balaban J connectivity index is 2.00. The molecular formula is C14H19N3O3S. The number of hydrogen-bond donors (Lipinski definition) is 3. The monoisotopic (exact) mass is 309 g/mol. The molecule has 2 rings (SSSR count). The highest BCUT2D eigenvalue weighted by Gasteiger charge is 2.28. The summed E-state index contributed by atoms with van der Waals surface area (Å²) in [7, 11) is -3.51. The predicted octanol–water partition coefficient (Wildman–Crippen LogP) is 0.841. The molecule has 3 N–H and O–H groups in total. The van der Waals surface area contributed by atoms with E-state index in [0.29, 0.717) is 12.2 Å². The first-order valence-corrected chi connectivity index (χ1v) is 8.23. The predicted molar refractivity (Wildman–Crippen MR) is 81.5 cm³/mol. The van der Waals surface area contributed by atoms with Crippen molar-refractivity contribution in [3.05, 3.63) is 36.9 Å². The molecule has 1 aliphatic carbocycles. The molecule has 0 unspecified atom stereocenters. The number of nitrogens with one attached hydrogen (secondary N) is 3. The van der Waals surface area contributed by atoms with Crippen molar-refractivity contribution in [3.63, 3.8) is 0 Å². The van der Waals surface area contributed by atoms with Gasteiger partial charge in [0, 0.05) is 18.3 Å². The second kappa shape index (κ2) is 6.84. The van der Waals surface area contributed by atoms with Crippen molar-refractivity contribution in [2.45, 2.75) is 23.8 Å². The Morgan fingerprint density at radius 3 is 2.81 bits per heavy atom. The van der Waals surface area contributed by atoms with E-state index in [9.17, 15) is 13.2 Å². The van der Waals surface area contributed by atoms with Crippen LogP contribution >= 0.6 is 0 Å². The van der Waals surface area contributed by atoms with E-state index in [1.165, 1.54) is 12.1 Å². The van der Waals surface area contributed by atoms with E-state index >= 15 is 0 Å². The standard InChI is InChI=1S/C14H19N3O3S/c1-2-8-15-10-14(18)16-12-4-3-5-13(9-12)21(19,20)17-11-6-7-11/h2-5,9,11,15,17H,1,6-8,10H2,(H,16,18). The summed E-state index contributed by atoms with van der Waals surface area (Å²) in [5, 5.41) is 5.53. The van der Waals surface area contributed by atoms with Crippen molar-refractivity contribution in [1.82, 2.24) is 10.0 Å². The number of sulfonamides is 1. The summed E-state index contributed by atoms with van der Waals surface area (Å²) < 4.78 is 26.8. The quantitative estimate of drug-likeness (QED) is 0.490. The lowest BCUT2D eigenvalue weighted by atomic mass is 10.3. The van der Waals surface area contributed by atoms with Gasteiger partial charge in [0.25, 0.3) is 0 Å². The summed E-state index contributed by atoms with van der Waals surface area (Å²) in [6.45, 7) is 4.22. The van der Waals surface area contributed by atoms with Crippen molar-refractivity contribution < 1.29 is 13.2 Å². The second-order valence-electron chi connectivity index (χ2n) is 4.89. The molecule has 21 heavy (non-hydrogen) atoms. The van der Waals surface area contributed by atoms with Gasteiger partial charge in [-0.3, -0.25) is 4.79 Å². The SMILES string of the molecule is C=CCNCC(=O)Nc1cccc(S(=O)(=O)NC2CC2)c1. The average molecular weight is 309 g/mol. The Morgan fingerprint density at radius 2 is 2.14 bits per heavy atom. The molecule has 1 fully saturated rings. The topological polar surface area (TPSA) is 87.3 Å². The maximum atomic E-state index is 12.1. The molecule has 6 nitrogen and oxygen atoms in total. The molecule has 7 heteroatoms. The van der Waals surface area contributed by atoms with Crippen LogP contribution in [-0.4, -0.2) is 33.5 Å². The Kier molecular flexibility index (Phi) is 5.11. The van der Waals surface area contributed by atoms with Crippen LogP contribution in [0.25, 0.3) is 0 Å². The van der Waals surface area contributed by atoms with Gasteiger partial charge in [-0.05, 0) is 31.0 Å². The molecule has 0 radical (unpaired) electrons. The molecule has 0 spiro atoms. The van der Waals surface area contributed by atoms with E-state index in [4.69, 9.17) is 0 Å². The molecular weight excluding hydrogens is 290 g/mol. The number of carbonyl (C=O) groups excluding carboxylic acids is 1. The third-order valence-electron chi connectivity index (χ3n) is 2.90. The molecule has 0 aliphatic heterocycles. The smallest absolute Gasteiger partial charge is 0.240 e. The second-order valence-corrected chi connectivity index (χ2v) is 6.61. The molecule has 114 valence electrons. The first-order chi connectivity index (χ1) is 10.0. The fourth-order valence-electron chi connectivity index (χ4n) is 1.72. The summed E-state index contributed by atoms with van der Waals surface area (Å²) in [5.41, 5.74) is 0.457. The number of hydrogen-bond acceptors (Lipinski definition) is 4. The van der Waals surface area contributed by atoms with E-state index < -0.39 is 10.0 Å². The van der Waals surface area contributed by atoms with Crippen LogP contribution < -0.4 is 15.4 Å². The first-order valence-electron chi connectivity index (χ1n) is 6.75. The van der Waals surface area contributed by atoms with E-state index in [-0.39, 0.29) is 23.4 Å². The molecule has 0 bridgehead atoms. The third-order valence-corrected chi connectivity index (χ3v) is 4.42. The molecule has 1 amide bonds. The number of anilines is 1. The minimum atomic E-state index is -3.51. The fourth-order valence-corrected chi connectivity index (χ4v) is 3.07. The van der Waals surface area contributed by atoms with Crippen molar-refractivity contribution in [1.29, 1.82) is 0 Å². The lowest BCUT2D eigenvalue weighted by Gasteiger charge is -2.09. The summed E-state index contributed by atoms with van der Waals surface area (Å²) in [4.78, 5) is 11.8. The van der Waals surface area contributed by atoms with Crippen molar-refractivity contribution in [2.75, 3.05) is 18.4 Å². The van der Waals surface area contributed by atoms with Gasteiger partial charge in [0.15, 0.2) is 0 Å². The van der Waals surface area contributed by atoms with Gasteiger partial charge in [0.1, 0.15) is 0 Å². The molecule has 0 aromatic heterocycles. The molecule has 0 saturated heterocycles. The largest absolute Gasteiger partial charge is 0.325 e. The molecule has 0 heterocycles. The van der Waals surface area contributed by atoms with Gasteiger partial charge < -0.3 is 10.6 Å². The highest BCUT2D eigenvalue weighted by atomic mass is 32.2. The normalized spacial score (nSPS) is 14.7. The zero-order valence-electron chi connectivity index (χ0n) is 11.6. The number of amides is 1. The van der Waals surface area contributed by atoms with Gasteiger partial charge in [-0.15, -0.1) is 6.58 Å². The average Bonchev–Trinajstić information content (AvgIpc) is 3.22. The summed E-state index contributed by atoms with van der Waals surface area (Å²) >= 11 is 0. The van der Waals surface area contributed by atoms with Crippen LogP contribution in [0.15, 0.2) is 41.8 Å².